The van der Waals surface area contributed by atoms with Crippen LogP contribution in [-0.2, 0) is 11.3 Å². The van der Waals surface area contributed by atoms with Gasteiger partial charge >= 0.3 is 0 Å². The number of hydrogen-bond acceptors (Lipinski definition) is 3. The summed E-state index contributed by atoms with van der Waals surface area (Å²) < 4.78 is 8.16. The standard InChI is InChI=1S/C28H28ClN3O2/c1-19-14-20(2)16-22(15-19)32-18-21(17-27(32)33)28-30-24-9-4-5-10-25(24)31(28)12-7-13-34-26-11-6-3-8-23(26)29/h3-6,8-11,14-16,21H,7,12-13,17-18H2,1-2H3. The van der Waals surface area contributed by atoms with E-state index >= 15 is 0 Å². The molecule has 0 radical (unpaired) electrons. The molecule has 1 aliphatic heterocycles. The molecular formula is C28H28ClN3O2. The number of para-hydroxylation sites is 3. The summed E-state index contributed by atoms with van der Waals surface area (Å²) >= 11 is 6.21. The third-order valence-corrected chi connectivity index (χ3v) is 6.62. The van der Waals surface area contributed by atoms with E-state index in [2.05, 4.69) is 42.7 Å². The van der Waals surface area contributed by atoms with Gasteiger partial charge < -0.3 is 14.2 Å². The van der Waals surface area contributed by atoms with Crippen LogP contribution in [0, 0.1) is 13.8 Å². The molecule has 0 saturated carbocycles. The molecule has 0 aliphatic carbocycles. The van der Waals surface area contributed by atoms with Crippen molar-refractivity contribution in [2.45, 2.75) is 39.2 Å². The van der Waals surface area contributed by atoms with E-state index in [1.54, 1.807) is 0 Å². The van der Waals surface area contributed by atoms with Gasteiger partial charge in [0.05, 0.1) is 22.7 Å². The molecule has 1 amide bonds. The second-order valence-corrected chi connectivity index (χ2v) is 9.40. The molecule has 4 aromatic rings. The summed E-state index contributed by atoms with van der Waals surface area (Å²) in [5, 5.41) is 0.618. The van der Waals surface area contributed by atoms with Crippen LogP contribution in [0.15, 0.2) is 66.7 Å². The average Bonchev–Trinajstić information content (AvgIpc) is 3.37. The first-order chi connectivity index (χ1) is 16.5. The number of fused-ring (bicyclic) bond motifs is 1. The molecule has 6 heteroatoms. The van der Waals surface area contributed by atoms with Crippen molar-refractivity contribution in [1.29, 1.82) is 0 Å². The Morgan fingerprint density at radius 3 is 2.56 bits per heavy atom. The molecule has 5 rings (SSSR count). The minimum Gasteiger partial charge on any atom is -0.492 e. The van der Waals surface area contributed by atoms with Gasteiger partial charge in [0.2, 0.25) is 5.91 Å². The molecule has 1 unspecified atom stereocenters. The number of carbonyl (C=O) groups is 1. The van der Waals surface area contributed by atoms with Gasteiger partial charge in [0.25, 0.3) is 0 Å². The van der Waals surface area contributed by atoms with E-state index < -0.39 is 0 Å². The van der Waals surface area contributed by atoms with Crippen LogP contribution in [0.25, 0.3) is 11.0 Å². The van der Waals surface area contributed by atoms with Gasteiger partial charge in [0, 0.05) is 31.1 Å². The van der Waals surface area contributed by atoms with Crippen molar-refractivity contribution in [3.63, 3.8) is 0 Å². The fraction of sp³-hybridized carbons (Fsp3) is 0.286. The van der Waals surface area contributed by atoms with Gasteiger partial charge in [0.1, 0.15) is 11.6 Å². The van der Waals surface area contributed by atoms with Crippen LogP contribution < -0.4 is 9.64 Å². The fourth-order valence-corrected chi connectivity index (χ4v) is 5.03. The molecule has 0 spiro atoms. The van der Waals surface area contributed by atoms with Crippen molar-refractivity contribution in [3.8, 4) is 5.75 Å². The summed E-state index contributed by atoms with van der Waals surface area (Å²) in [6.07, 6.45) is 1.27. The van der Waals surface area contributed by atoms with Gasteiger partial charge in [-0.05, 0) is 67.8 Å². The predicted octanol–water partition coefficient (Wildman–Crippen LogP) is 6.30. The molecule has 2 heterocycles. The van der Waals surface area contributed by atoms with E-state index in [1.807, 2.05) is 47.4 Å². The summed E-state index contributed by atoms with van der Waals surface area (Å²) in [4.78, 5) is 19.9. The highest BCUT2D eigenvalue weighted by molar-refractivity contribution is 6.32. The zero-order chi connectivity index (χ0) is 23.7. The van der Waals surface area contributed by atoms with Crippen molar-refractivity contribution < 1.29 is 9.53 Å². The number of benzene rings is 3. The molecule has 174 valence electrons. The Labute approximate surface area is 204 Å². The number of aromatic nitrogens is 2. The molecule has 5 nitrogen and oxygen atoms in total. The monoisotopic (exact) mass is 473 g/mol. The summed E-state index contributed by atoms with van der Waals surface area (Å²) in [6.45, 7) is 6.08. The smallest absolute Gasteiger partial charge is 0.227 e. The molecule has 1 atom stereocenters. The zero-order valence-electron chi connectivity index (χ0n) is 19.5. The molecular weight excluding hydrogens is 446 g/mol. The van der Waals surface area contributed by atoms with Gasteiger partial charge in [0.15, 0.2) is 0 Å². The van der Waals surface area contributed by atoms with E-state index in [0.717, 1.165) is 46.6 Å². The first-order valence-corrected chi connectivity index (χ1v) is 12.1. The maximum atomic E-state index is 13.0. The zero-order valence-corrected chi connectivity index (χ0v) is 20.3. The van der Waals surface area contributed by atoms with E-state index in [0.29, 0.717) is 30.3 Å². The van der Waals surface area contributed by atoms with Crippen LogP contribution in [0.5, 0.6) is 5.75 Å². The number of amides is 1. The third-order valence-electron chi connectivity index (χ3n) is 6.31. The number of ether oxygens (including phenoxy) is 1. The van der Waals surface area contributed by atoms with Gasteiger partial charge in [-0.2, -0.15) is 0 Å². The fourth-order valence-electron chi connectivity index (χ4n) is 4.84. The lowest BCUT2D eigenvalue weighted by atomic mass is 10.1. The molecule has 0 bridgehead atoms. The van der Waals surface area contributed by atoms with Crippen LogP contribution in [-0.4, -0.2) is 28.6 Å². The molecule has 1 aliphatic rings. The normalized spacial score (nSPS) is 15.9. The summed E-state index contributed by atoms with van der Waals surface area (Å²) in [6, 6.07) is 22.0. The quantitative estimate of drug-likeness (QED) is 0.296. The highest BCUT2D eigenvalue weighted by Crippen LogP contribution is 2.34. The van der Waals surface area contributed by atoms with Crippen molar-refractivity contribution in [2.75, 3.05) is 18.1 Å². The number of imidazole rings is 1. The summed E-state index contributed by atoms with van der Waals surface area (Å²) in [7, 11) is 0. The van der Waals surface area contributed by atoms with Crippen LogP contribution >= 0.6 is 11.6 Å². The van der Waals surface area contributed by atoms with Crippen LogP contribution in [0.2, 0.25) is 5.02 Å². The Bertz CT molecular complexity index is 1330. The number of carbonyl (C=O) groups excluding carboxylic acids is 1. The first kappa shape index (κ1) is 22.5. The van der Waals surface area contributed by atoms with Crippen molar-refractivity contribution >= 4 is 34.2 Å². The lowest BCUT2D eigenvalue weighted by molar-refractivity contribution is -0.117. The SMILES string of the molecule is Cc1cc(C)cc(N2CC(c3nc4ccccc4n3CCCOc3ccccc3Cl)CC2=O)c1. The van der Waals surface area contributed by atoms with E-state index in [4.69, 9.17) is 21.3 Å². The van der Waals surface area contributed by atoms with Crippen LogP contribution in [0.3, 0.4) is 0 Å². The molecule has 34 heavy (non-hydrogen) atoms. The number of nitrogens with zero attached hydrogens (tertiary/aromatic N) is 3. The number of aryl methyl sites for hydroxylation is 3. The molecule has 1 aromatic heterocycles. The first-order valence-electron chi connectivity index (χ1n) is 11.7. The highest BCUT2D eigenvalue weighted by atomic mass is 35.5. The van der Waals surface area contributed by atoms with Gasteiger partial charge in [-0.3, -0.25) is 4.79 Å². The topological polar surface area (TPSA) is 47.4 Å². The maximum absolute atomic E-state index is 13.0. The van der Waals surface area contributed by atoms with Crippen LogP contribution in [0.1, 0.15) is 35.7 Å². The molecule has 1 saturated heterocycles. The number of rotatable bonds is 7. The second-order valence-electron chi connectivity index (χ2n) is 8.99. The lowest BCUT2D eigenvalue weighted by Crippen LogP contribution is -2.24. The number of hydrogen-bond donors (Lipinski definition) is 0. The minimum absolute atomic E-state index is 0.0465. The average molecular weight is 474 g/mol. The minimum atomic E-state index is 0.0465. The number of anilines is 1. The van der Waals surface area contributed by atoms with Gasteiger partial charge in [-0.25, -0.2) is 4.98 Å². The summed E-state index contributed by atoms with van der Waals surface area (Å²) in [5.74, 6) is 1.87. The van der Waals surface area contributed by atoms with Crippen LogP contribution in [0.4, 0.5) is 5.69 Å². The second kappa shape index (κ2) is 9.51. The largest absolute Gasteiger partial charge is 0.492 e. The van der Waals surface area contributed by atoms with Crippen molar-refractivity contribution in [1.82, 2.24) is 9.55 Å². The third kappa shape index (κ3) is 4.53. The Balaban J connectivity index is 1.36. The maximum Gasteiger partial charge on any atom is 0.227 e. The predicted molar refractivity (Wildman–Crippen MR) is 137 cm³/mol. The lowest BCUT2D eigenvalue weighted by Gasteiger charge is -2.19. The Hall–Kier alpha value is -3.31. The number of halogens is 1. The summed E-state index contributed by atoms with van der Waals surface area (Å²) in [5.41, 5.74) is 5.35. The van der Waals surface area contributed by atoms with E-state index in [1.165, 1.54) is 0 Å². The molecule has 1 fully saturated rings. The van der Waals surface area contributed by atoms with E-state index in [-0.39, 0.29) is 11.8 Å². The Morgan fingerprint density at radius 2 is 1.76 bits per heavy atom. The Morgan fingerprint density at radius 1 is 1.03 bits per heavy atom. The van der Waals surface area contributed by atoms with Gasteiger partial charge in [-0.1, -0.05) is 41.9 Å². The van der Waals surface area contributed by atoms with Gasteiger partial charge in [-0.15, -0.1) is 0 Å². The Kier molecular flexibility index (Phi) is 6.29. The molecule has 0 N–H and O–H groups in total. The van der Waals surface area contributed by atoms with Crippen molar-refractivity contribution in [3.05, 3.63) is 88.7 Å². The van der Waals surface area contributed by atoms with Crippen molar-refractivity contribution in [2.24, 2.45) is 0 Å². The highest BCUT2D eigenvalue weighted by Gasteiger charge is 2.35. The van der Waals surface area contributed by atoms with E-state index in [9.17, 15) is 4.79 Å². The molecule has 3 aromatic carbocycles.